The summed E-state index contributed by atoms with van der Waals surface area (Å²) in [7, 11) is 0. The maximum atomic E-state index is 10.1. The number of para-hydroxylation sites is 1. The first-order valence-electron chi connectivity index (χ1n) is 6.85. The molecule has 2 unspecified atom stereocenters. The Labute approximate surface area is 119 Å². The van der Waals surface area contributed by atoms with E-state index in [9.17, 15) is 10.2 Å². The minimum absolute atomic E-state index is 0.137. The van der Waals surface area contributed by atoms with E-state index in [-0.39, 0.29) is 6.61 Å². The van der Waals surface area contributed by atoms with Crippen molar-refractivity contribution in [3.8, 4) is 5.75 Å². The first-order chi connectivity index (χ1) is 9.76. The van der Waals surface area contributed by atoms with Gasteiger partial charge >= 0.3 is 0 Å². The fourth-order valence-corrected chi connectivity index (χ4v) is 2.19. The normalized spacial score (nSPS) is 13.8. The Morgan fingerprint density at radius 2 is 1.55 bits per heavy atom. The van der Waals surface area contributed by atoms with Crippen LogP contribution in [0.2, 0.25) is 0 Å². The lowest BCUT2D eigenvalue weighted by molar-refractivity contribution is 0.110. The molecule has 2 atom stereocenters. The van der Waals surface area contributed by atoms with E-state index in [1.165, 1.54) is 0 Å². The predicted molar refractivity (Wildman–Crippen MR) is 78.6 cm³/mol. The van der Waals surface area contributed by atoms with E-state index in [4.69, 9.17) is 4.74 Å². The number of rotatable bonds is 6. The molecule has 2 rings (SSSR count). The van der Waals surface area contributed by atoms with E-state index >= 15 is 0 Å². The Morgan fingerprint density at radius 1 is 0.950 bits per heavy atom. The predicted octanol–water partition coefficient (Wildman–Crippen LogP) is 3.24. The average molecular weight is 272 g/mol. The van der Waals surface area contributed by atoms with Crippen LogP contribution in [0.1, 0.15) is 36.7 Å². The van der Waals surface area contributed by atoms with E-state index in [0.29, 0.717) is 12.2 Å². The number of ether oxygens (including phenoxy) is 1. The average Bonchev–Trinajstić information content (AvgIpc) is 2.53. The third-order valence-corrected chi connectivity index (χ3v) is 3.28. The van der Waals surface area contributed by atoms with Crippen LogP contribution in [0, 0.1) is 0 Å². The smallest absolute Gasteiger partial charge is 0.147 e. The van der Waals surface area contributed by atoms with Crippen molar-refractivity contribution < 1.29 is 14.9 Å². The Morgan fingerprint density at radius 3 is 2.15 bits per heavy atom. The lowest BCUT2D eigenvalue weighted by Gasteiger charge is -2.22. The Hall–Kier alpha value is -1.84. The Bertz CT molecular complexity index is 525. The molecule has 0 bridgehead atoms. The molecule has 0 aliphatic heterocycles. The summed E-state index contributed by atoms with van der Waals surface area (Å²) in [6.07, 6.45) is -0.394. The van der Waals surface area contributed by atoms with E-state index in [1.54, 1.807) is 0 Å². The van der Waals surface area contributed by atoms with E-state index < -0.39 is 12.2 Å². The molecule has 0 saturated heterocycles. The van der Waals surface area contributed by atoms with Gasteiger partial charge in [0.25, 0.3) is 0 Å². The lowest BCUT2D eigenvalue weighted by Crippen LogP contribution is -2.15. The highest BCUT2D eigenvalue weighted by atomic mass is 16.5. The van der Waals surface area contributed by atoms with Crippen LogP contribution >= 0.6 is 0 Å². The molecule has 0 spiro atoms. The molecule has 20 heavy (non-hydrogen) atoms. The number of hydrogen-bond donors (Lipinski definition) is 2. The van der Waals surface area contributed by atoms with Crippen molar-refractivity contribution in [2.24, 2.45) is 0 Å². The molecule has 0 saturated carbocycles. The first kappa shape index (κ1) is 14.6. The summed E-state index contributed by atoms with van der Waals surface area (Å²) in [5.74, 6) is 0.701. The highest BCUT2D eigenvalue weighted by Gasteiger charge is 2.19. The zero-order valence-electron chi connectivity index (χ0n) is 11.6. The molecule has 0 aliphatic carbocycles. The molecule has 2 aromatic rings. The van der Waals surface area contributed by atoms with Crippen LogP contribution in [-0.4, -0.2) is 16.8 Å². The van der Waals surface area contributed by atoms with E-state index in [0.717, 1.165) is 11.1 Å². The maximum absolute atomic E-state index is 10.1. The zero-order chi connectivity index (χ0) is 14.4. The number of aliphatic hydroxyl groups is 2. The topological polar surface area (TPSA) is 49.7 Å². The standard InChI is InChI=1S/C17H20O3/c1-2-16(19)14-10-6-7-11-15(14)17(12-18)20-13-8-4-3-5-9-13/h3-11,16-19H,2,12H2,1H3. The second-order valence-corrected chi connectivity index (χ2v) is 4.66. The molecule has 0 aromatic heterocycles. The number of hydrogen-bond acceptors (Lipinski definition) is 3. The third-order valence-electron chi connectivity index (χ3n) is 3.28. The summed E-state index contributed by atoms with van der Waals surface area (Å²) in [6, 6.07) is 16.9. The van der Waals surface area contributed by atoms with Crippen molar-refractivity contribution in [2.45, 2.75) is 25.6 Å². The van der Waals surface area contributed by atoms with Crippen molar-refractivity contribution in [2.75, 3.05) is 6.61 Å². The molecule has 0 amide bonds. The molecule has 0 aliphatic rings. The van der Waals surface area contributed by atoms with Crippen LogP contribution in [0.15, 0.2) is 54.6 Å². The molecule has 3 heteroatoms. The van der Waals surface area contributed by atoms with Gasteiger partial charge in [-0.05, 0) is 24.1 Å². The Kier molecular flexibility index (Phi) is 5.16. The van der Waals surface area contributed by atoms with Gasteiger partial charge in [-0.1, -0.05) is 49.4 Å². The van der Waals surface area contributed by atoms with Gasteiger partial charge in [0, 0.05) is 5.56 Å². The summed E-state index contributed by atoms with van der Waals surface area (Å²) in [4.78, 5) is 0. The molecular weight excluding hydrogens is 252 g/mol. The summed E-state index contributed by atoms with van der Waals surface area (Å²) in [5, 5.41) is 19.7. The lowest BCUT2D eigenvalue weighted by atomic mass is 9.97. The van der Waals surface area contributed by atoms with Gasteiger partial charge in [-0.2, -0.15) is 0 Å². The van der Waals surface area contributed by atoms with Crippen molar-refractivity contribution in [3.63, 3.8) is 0 Å². The van der Waals surface area contributed by atoms with Crippen LogP contribution < -0.4 is 4.74 Å². The highest BCUT2D eigenvalue weighted by Crippen LogP contribution is 2.29. The molecule has 3 nitrogen and oxygen atoms in total. The minimum atomic E-state index is -0.542. The van der Waals surface area contributed by atoms with Gasteiger partial charge in [0.15, 0.2) is 0 Å². The van der Waals surface area contributed by atoms with Crippen LogP contribution in [0.3, 0.4) is 0 Å². The van der Waals surface area contributed by atoms with Gasteiger partial charge in [-0.3, -0.25) is 0 Å². The van der Waals surface area contributed by atoms with Gasteiger partial charge < -0.3 is 14.9 Å². The van der Waals surface area contributed by atoms with Gasteiger partial charge in [0.1, 0.15) is 11.9 Å². The SMILES string of the molecule is CCC(O)c1ccccc1C(CO)Oc1ccccc1. The summed E-state index contributed by atoms with van der Waals surface area (Å²) < 4.78 is 5.82. The van der Waals surface area contributed by atoms with Gasteiger partial charge in [0.05, 0.1) is 12.7 Å². The van der Waals surface area contributed by atoms with Crippen LogP contribution in [-0.2, 0) is 0 Å². The van der Waals surface area contributed by atoms with E-state index in [2.05, 4.69) is 0 Å². The molecule has 0 heterocycles. The quantitative estimate of drug-likeness (QED) is 0.848. The van der Waals surface area contributed by atoms with Crippen LogP contribution in [0.5, 0.6) is 5.75 Å². The largest absolute Gasteiger partial charge is 0.483 e. The molecule has 0 radical (unpaired) electrons. The molecule has 2 aromatic carbocycles. The fraction of sp³-hybridized carbons (Fsp3) is 0.294. The van der Waals surface area contributed by atoms with Crippen molar-refractivity contribution in [1.82, 2.24) is 0 Å². The summed E-state index contributed by atoms with van der Waals surface area (Å²) >= 11 is 0. The molecule has 0 fully saturated rings. The van der Waals surface area contributed by atoms with E-state index in [1.807, 2.05) is 61.5 Å². The maximum Gasteiger partial charge on any atom is 0.147 e. The molecular formula is C17H20O3. The van der Waals surface area contributed by atoms with Crippen LogP contribution in [0.25, 0.3) is 0 Å². The first-order valence-corrected chi connectivity index (χ1v) is 6.85. The van der Waals surface area contributed by atoms with Gasteiger partial charge in [-0.25, -0.2) is 0 Å². The van der Waals surface area contributed by atoms with Gasteiger partial charge in [0.2, 0.25) is 0 Å². The van der Waals surface area contributed by atoms with Crippen molar-refractivity contribution in [1.29, 1.82) is 0 Å². The highest BCUT2D eigenvalue weighted by molar-refractivity contribution is 5.32. The number of benzene rings is 2. The second-order valence-electron chi connectivity index (χ2n) is 4.66. The fourth-order valence-electron chi connectivity index (χ4n) is 2.19. The summed E-state index contributed by atoms with van der Waals surface area (Å²) in [6.45, 7) is 1.79. The van der Waals surface area contributed by atoms with Crippen molar-refractivity contribution in [3.05, 3.63) is 65.7 Å². The third kappa shape index (κ3) is 3.38. The van der Waals surface area contributed by atoms with Gasteiger partial charge in [-0.15, -0.1) is 0 Å². The summed E-state index contributed by atoms with van der Waals surface area (Å²) in [5.41, 5.74) is 1.64. The monoisotopic (exact) mass is 272 g/mol. The zero-order valence-corrected chi connectivity index (χ0v) is 11.6. The van der Waals surface area contributed by atoms with Crippen LogP contribution in [0.4, 0.5) is 0 Å². The second kappa shape index (κ2) is 7.08. The van der Waals surface area contributed by atoms with Crippen molar-refractivity contribution >= 4 is 0 Å². The molecule has 2 N–H and O–H groups in total. The minimum Gasteiger partial charge on any atom is -0.483 e. The molecule has 106 valence electrons. The number of aliphatic hydroxyl groups excluding tert-OH is 2. The Balaban J connectivity index is 2.28.